The number of benzene rings is 1. The second-order valence-electron chi connectivity index (χ2n) is 3.11. The van der Waals surface area contributed by atoms with Gasteiger partial charge in [0.25, 0.3) is 0 Å². The van der Waals surface area contributed by atoms with Crippen molar-refractivity contribution in [3.63, 3.8) is 0 Å². The van der Waals surface area contributed by atoms with Crippen LogP contribution in [0.4, 0.5) is 0 Å². The van der Waals surface area contributed by atoms with E-state index in [0.29, 0.717) is 4.80 Å². The highest BCUT2D eigenvalue weighted by molar-refractivity contribution is 7.16. The molecule has 1 aromatic carbocycles. The molecule has 0 spiro atoms. The van der Waals surface area contributed by atoms with Crippen molar-refractivity contribution in [2.75, 3.05) is 14.2 Å². The van der Waals surface area contributed by atoms with E-state index in [1.165, 1.54) is 11.3 Å². The van der Waals surface area contributed by atoms with Gasteiger partial charge < -0.3 is 14.0 Å². The predicted octanol–water partition coefficient (Wildman–Crippen LogP) is 1.74. The third-order valence-electron chi connectivity index (χ3n) is 2.34. The summed E-state index contributed by atoms with van der Waals surface area (Å²) in [5.41, 5.74) is 0.909. The minimum absolute atomic E-state index is 0.479. The van der Waals surface area contributed by atoms with Crippen molar-refractivity contribution in [2.45, 2.75) is 0 Å². The molecule has 2 aromatic rings. The van der Waals surface area contributed by atoms with E-state index in [4.69, 9.17) is 14.9 Å². The molecule has 0 bridgehead atoms. The molecule has 0 aliphatic rings. The zero-order chi connectivity index (χ0) is 11.0. The summed E-state index contributed by atoms with van der Waals surface area (Å²) in [6.45, 7) is 0. The molecule has 80 valence electrons. The van der Waals surface area contributed by atoms with Gasteiger partial charge in [0, 0.05) is 7.05 Å². The van der Waals surface area contributed by atoms with E-state index in [2.05, 4.69) is 0 Å². The van der Waals surface area contributed by atoms with Gasteiger partial charge in [-0.15, -0.1) is 0 Å². The molecule has 1 N–H and O–H groups in total. The number of fused-ring (bicyclic) bond motifs is 1. The largest absolute Gasteiger partial charge is 0.495 e. The van der Waals surface area contributed by atoms with Crippen LogP contribution in [-0.4, -0.2) is 18.8 Å². The number of aryl methyl sites for hydroxylation is 1. The van der Waals surface area contributed by atoms with Crippen LogP contribution in [0.15, 0.2) is 12.1 Å². The first-order chi connectivity index (χ1) is 7.19. The zero-order valence-corrected chi connectivity index (χ0v) is 9.64. The Labute approximate surface area is 91.2 Å². The summed E-state index contributed by atoms with van der Waals surface area (Å²) in [4.78, 5) is 0.479. The van der Waals surface area contributed by atoms with E-state index < -0.39 is 0 Å². The van der Waals surface area contributed by atoms with Gasteiger partial charge in [0.1, 0.15) is 21.7 Å². The first kappa shape index (κ1) is 10.0. The monoisotopic (exact) mass is 224 g/mol. The Morgan fingerprint density at radius 2 is 1.80 bits per heavy atom. The number of methoxy groups -OCH3 is 2. The molecular weight excluding hydrogens is 212 g/mol. The first-order valence-electron chi connectivity index (χ1n) is 4.44. The molecule has 0 unspecified atom stereocenters. The molecule has 1 aromatic heterocycles. The lowest BCUT2D eigenvalue weighted by molar-refractivity contribution is 0.409. The van der Waals surface area contributed by atoms with Gasteiger partial charge in [-0.2, -0.15) is 0 Å². The number of rotatable bonds is 2. The summed E-state index contributed by atoms with van der Waals surface area (Å²) >= 11 is 1.38. The van der Waals surface area contributed by atoms with Crippen LogP contribution in [0.25, 0.3) is 10.2 Å². The van der Waals surface area contributed by atoms with Crippen molar-refractivity contribution in [3.8, 4) is 11.5 Å². The molecular formula is C10H12N2O2S. The lowest BCUT2D eigenvalue weighted by Crippen LogP contribution is -2.07. The van der Waals surface area contributed by atoms with Gasteiger partial charge in [0.15, 0.2) is 4.80 Å². The maximum atomic E-state index is 7.76. The topological polar surface area (TPSA) is 47.2 Å². The summed E-state index contributed by atoms with van der Waals surface area (Å²) < 4.78 is 13.3. The Hall–Kier alpha value is -1.49. The van der Waals surface area contributed by atoms with Crippen molar-refractivity contribution < 1.29 is 9.47 Å². The van der Waals surface area contributed by atoms with Gasteiger partial charge >= 0.3 is 0 Å². The number of ether oxygens (including phenoxy) is 2. The van der Waals surface area contributed by atoms with Crippen LogP contribution in [-0.2, 0) is 7.05 Å². The molecule has 0 amide bonds. The average Bonchev–Trinajstić information content (AvgIpc) is 2.55. The van der Waals surface area contributed by atoms with E-state index in [9.17, 15) is 0 Å². The van der Waals surface area contributed by atoms with Gasteiger partial charge in [0.05, 0.1) is 14.2 Å². The highest BCUT2D eigenvalue weighted by Crippen LogP contribution is 2.34. The lowest BCUT2D eigenvalue weighted by Gasteiger charge is -2.06. The van der Waals surface area contributed by atoms with Crippen LogP contribution in [0, 0.1) is 5.41 Å². The van der Waals surface area contributed by atoms with Gasteiger partial charge in [-0.3, -0.25) is 5.41 Å². The zero-order valence-electron chi connectivity index (χ0n) is 8.83. The van der Waals surface area contributed by atoms with Crippen molar-refractivity contribution in [1.82, 2.24) is 4.57 Å². The predicted molar refractivity (Wildman–Crippen MR) is 59.8 cm³/mol. The Kier molecular flexibility index (Phi) is 2.40. The highest BCUT2D eigenvalue weighted by atomic mass is 32.1. The average molecular weight is 224 g/mol. The van der Waals surface area contributed by atoms with Crippen molar-refractivity contribution in [3.05, 3.63) is 16.9 Å². The van der Waals surface area contributed by atoms with Gasteiger partial charge in [-0.1, -0.05) is 11.3 Å². The van der Waals surface area contributed by atoms with Gasteiger partial charge in [-0.05, 0) is 12.1 Å². The molecule has 0 saturated carbocycles. The van der Waals surface area contributed by atoms with E-state index in [1.807, 2.05) is 19.2 Å². The molecule has 0 aliphatic heterocycles. The number of hydrogen-bond acceptors (Lipinski definition) is 4. The number of nitrogens with zero attached hydrogens (tertiary/aromatic N) is 1. The minimum atomic E-state index is 0.479. The van der Waals surface area contributed by atoms with Crippen LogP contribution in [0.5, 0.6) is 11.5 Å². The van der Waals surface area contributed by atoms with Gasteiger partial charge in [-0.25, -0.2) is 0 Å². The Morgan fingerprint density at radius 1 is 1.20 bits per heavy atom. The Balaban J connectivity index is 2.93. The Morgan fingerprint density at radius 3 is 2.40 bits per heavy atom. The maximum absolute atomic E-state index is 7.76. The Bertz CT molecular complexity index is 556. The van der Waals surface area contributed by atoms with E-state index in [-0.39, 0.29) is 0 Å². The van der Waals surface area contributed by atoms with Crippen LogP contribution >= 0.6 is 11.3 Å². The summed E-state index contributed by atoms with van der Waals surface area (Å²) in [6.07, 6.45) is 0. The molecule has 0 atom stereocenters. The van der Waals surface area contributed by atoms with Crippen LogP contribution in [0.2, 0.25) is 0 Å². The third-order valence-corrected chi connectivity index (χ3v) is 3.40. The van der Waals surface area contributed by atoms with E-state index >= 15 is 0 Å². The summed E-state index contributed by atoms with van der Waals surface area (Å²) in [6, 6.07) is 3.71. The summed E-state index contributed by atoms with van der Waals surface area (Å²) in [5, 5.41) is 7.76. The van der Waals surface area contributed by atoms with Gasteiger partial charge in [0.2, 0.25) is 0 Å². The molecule has 0 aliphatic carbocycles. The number of thiazole rings is 1. The highest BCUT2D eigenvalue weighted by Gasteiger charge is 2.12. The minimum Gasteiger partial charge on any atom is -0.495 e. The van der Waals surface area contributed by atoms with E-state index in [0.717, 1.165) is 21.7 Å². The third kappa shape index (κ3) is 1.39. The fourth-order valence-electron chi connectivity index (χ4n) is 1.54. The molecule has 0 radical (unpaired) electrons. The van der Waals surface area contributed by atoms with Crippen LogP contribution in [0.3, 0.4) is 0 Å². The summed E-state index contributed by atoms with van der Waals surface area (Å²) in [5.74, 6) is 1.55. The fraction of sp³-hybridized carbons (Fsp3) is 0.300. The molecule has 0 saturated heterocycles. The van der Waals surface area contributed by atoms with E-state index in [1.54, 1.807) is 18.8 Å². The SMILES string of the molecule is COc1ccc(OC)c2c1sc(=N)n2C. The summed E-state index contributed by atoms with van der Waals surface area (Å²) in [7, 11) is 5.11. The lowest BCUT2D eigenvalue weighted by atomic mass is 10.3. The van der Waals surface area contributed by atoms with Crippen molar-refractivity contribution in [1.29, 1.82) is 5.41 Å². The maximum Gasteiger partial charge on any atom is 0.182 e. The second-order valence-corrected chi connectivity index (χ2v) is 4.11. The standard InChI is InChI=1S/C10H12N2O2S/c1-12-8-6(13-2)4-5-7(14-3)9(8)15-10(12)11/h4-5,11H,1-3H3. The number of aromatic nitrogens is 1. The molecule has 5 heteroatoms. The molecule has 0 fully saturated rings. The van der Waals surface area contributed by atoms with Crippen LogP contribution in [0.1, 0.15) is 0 Å². The molecule has 2 rings (SSSR count). The number of nitrogens with one attached hydrogen (secondary N) is 1. The van der Waals surface area contributed by atoms with Crippen LogP contribution < -0.4 is 14.3 Å². The second kappa shape index (κ2) is 3.58. The van der Waals surface area contributed by atoms with Crippen molar-refractivity contribution in [2.24, 2.45) is 7.05 Å². The molecule has 15 heavy (non-hydrogen) atoms. The van der Waals surface area contributed by atoms with Crippen molar-refractivity contribution >= 4 is 21.6 Å². The normalized spacial score (nSPS) is 10.6. The fourth-order valence-corrected chi connectivity index (χ4v) is 2.55. The molecule has 1 heterocycles. The molecule has 4 nitrogen and oxygen atoms in total. The smallest absolute Gasteiger partial charge is 0.182 e. The first-order valence-corrected chi connectivity index (χ1v) is 5.25. The number of hydrogen-bond donors (Lipinski definition) is 1. The quantitative estimate of drug-likeness (QED) is 0.844.